The van der Waals surface area contributed by atoms with Gasteiger partial charge in [-0.3, -0.25) is 0 Å². The zero-order valence-corrected chi connectivity index (χ0v) is 17.9. The monoisotopic (exact) mass is 392 g/mol. The van der Waals surface area contributed by atoms with E-state index >= 15 is 0 Å². The molecule has 5 rings (SSSR count). The Bertz CT molecular complexity index is 496. The molecular weight excluding hydrogens is 369 g/mol. The summed E-state index contributed by atoms with van der Waals surface area (Å²) in [5.74, 6) is 0. The Morgan fingerprint density at radius 3 is 0.667 bits per heavy atom. The van der Waals surface area contributed by atoms with Gasteiger partial charge in [-0.1, -0.05) is 48.6 Å². The molecule has 0 N–H and O–H groups in total. The zero-order chi connectivity index (χ0) is 16.1. The molecule has 8 heteroatoms. The van der Waals surface area contributed by atoms with Crippen LogP contribution < -0.4 is 0 Å². The third-order valence-corrected chi connectivity index (χ3v) is 24.4. The van der Waals surface area contributed by atoms with Crippen molar-refractivity contribution in [1.29, 1.82) is 0 Å². The van der Waals surface area contributed by atoms with Gasteiger partial charge in [0, 0.05) is 48.4 Å². The summed E-state index contributed by atoms with van der Waals surface area (Å²) < 4.78 is 28.0. The van der Waals surface area contributed by atoms with Gasteiger partial charge in [-0.2, -0.15) is 0 Å². The second-order valence-corrected chi connectivity index (χ2v) is 21.4. The standard InChI is InChI=1S/C16H24O4Si4/c1-2-10-21(9-1)17-22(11-3-4-12-22)19-24(15-7-8-16-24)20-23(18-21)13-5-6-14-23/h1-8H,9-16H2. The molecule has 5 heterocycles. The molecule has 5 aliphatic rings. The lowest BCUT2D eigenvalue weighted by Crippen LogP contribution is -2.68. The molecule has 0 radical (unpaired) electrons. The maximum absolute atomic E-state index is 7.00. The predicted molar refractivity (Wildman–Crippen MR) is 102 cm³/mol. The van der Waals surface area contributed by atoms with Crippen LogP contribution in [0, 0.1) is 0 Å². The molecule has 0 atom stereocenters. The summed E-state index contributed by atoms with van der Waals surface area (Å²) in [4.78, 5) is 0. The smallest absolute Gasteiger partial charge is 0.328 e. The molecule has 0 bridgehead atoms. The van der Waals surface area contributed by atoms with Gasteiger partial charge in [-0.15, -0.1) is 0 Å². The molecule has 0 saturated carbocycles. The lowest BCUT2D eigenvalue weighted by Gasteiger charge is -2.50. The molecule has 4 nitrogen and oxygen atoms in total. The van der Waals surface area contributed by atoms with E-state index in [2.05, 4.69) is 48.6 Å². The van der Waals surface area contributed by atoms with Gasteiger partial charge < -0.3 is 16.5 Å². The second-order valence-electron chi connectivity index (χ2n) is 7.57. The van der Waals surface area contributed by atoms with Crippen LogP contribution in [0.25, 0.3) is 0 Å². The SMILES string of the molecule is C1=CC[Si]2(C1)O[Si]1(CC=CC1)O[Si]1(CC=CC1)O[Si]1(CC=CC1)O2. The molecule has 0 aromatic rings. The minimum atomic E-state index is -2.26. The predicted octanol–water partition coefficient (Wildman–Crippen LogP) is 4.11. The van der Waals surface area contributed by atoms with E-state index in [0.29, 0.717) is 0 Å². The second kappa shape index (κ2) is 5.58. The van der Waals surface area contributed by atoms with Gasteiger partial charge in [0.05, 0.1) is 0 Å². The Labute approximate surface area is 147 Å². The Balaban J connectivity index is 1.53. The number of allylic oxidation sites excluding steroid dienone is 8. The molecule has 4 spiro atoms. The quantitative estimate of drug-likeness (QED) is 0.459. The molecule has 0 aromatic carbocycles. The molecule has 0 unspecified atom stereocenters. The van der Waals surface area contributed by atoms with Crippen molar-refractivity contribution >= 4 is 34.2 Å². The number of rotatable bonds is 0. The summed E-state index contributed by atoms with van der Waals surface area (Å²) in [6, 6.07) is 7.75. The summed E-state index contributed by atoms with van der Waals surface area (Å²) in [6.07, 6.45) is 18.1. The highest BCUT2D eigenvalue weighted by Crippen LogP contribution is 2.47. The van der Waals surface area contributed by atoms with E-state index in [1.54, 1.807) is 0 Å². The average molecular weight is 393 g/mol. The maximum atomic E-state index is 7.00. The third kappa shape index (κ3) is 2.60. The highest BCUT2D eigenvalue weighted by atomic mass is 28.5. The highest BCUT2D eigenvalue weighted by molar-refractivity contribution is 6.96. The largest absolute Gasteiger partial charge is 0.415 e. The molecule has 1 fully saturated rings. The van der Waals surface area contributed by atoms with Crippen molar-refractivity contribution in [2.24, 2.45) is 0 Å². The Kier molecular flexibility index (Phi) is 3.69. The summed E-state index contributed by atoms with van der Waals surface area (Å²) in [7, 11) is -9.04. The van der Waals surface area contributed by atoms with Crippen LogP contribution in [0.3, 0.4) is 0 Å². The van der Waals surface area contributed by atoms with Crippen LogP contribution in [0.2, 0.25) is 48.4 Å². The average Bonchev–Trinajstić information content (AvgIpc) is 3.30. The normalized spacial score (nSPS) is 33.3. The van der Waals surface area contributed by atoms with E-state index in [1.807, 2.05) is 0 Å². The van der Waals surface area contributed by atoms with Crippen LogP contribution >= 0.6 is 0 Å². The third-order valence-electron chi connectivity index (χ3n) is 5.59. The van der Waals surface area contributed by atoms with E-state index in [0.717, 1.165) is 48.4 Å². The topological polar surface area (TPSA) is 36.9 Å². The first-order valence-electron chi connectivity index (χ1n) is 9.06. The van der Waals surface area contributed by atoms with Crippen LogP contribution in [0.4, 0.5) is 0 Å². The van der Waals surface area contributed by atoms with Gasteiger partial charge in [0.25, 0.3) is 0 Å². The molecule has 24 heavy (non-hydrogen) atoms. The first kappa shape index (κ1) is 15.9. The Morgan fingerprint density at radius 1 is 0.333 bits per heavy atom. The summed E-state index contributed by atoms with van der Waals surface area (Å²) in [6.45, 7) is 0. The van der Waals surface area contributed by atoms with E-state index in [9.17, 15) is 0 Å². The van der Waals surface area contributed by atoms with Gasteiger partial charge in [0.2, 0.25) is 0 Å². The van der Waals surface area contributed by atoms with Crippen molar-refractivity contribution in [1.82, 2.24) is 0 Å². The summed E-state index contributed by atoms with van der Waals surface area (Å²) in [5, 5.41) is 0. The molecule has 0 amide bonds. The van der Waals surface area contributed by atoms with Crippen molar-refractivity contribution in [2.75, 3.05) is 0 Å². The van der Waals surface area contributed by atoms with Crippen LogP contribution in [-0.2, 0) is 16.5 Å². The summed E-state index contributed by atoms with van der Waals surface area (Å²) in [5.41, 5.74) is 0. The van der Waals surface area contributed by atoms with Crippen molar-refractivity contribution < 1.29 is 16.5 Å². The minimum absolute atomic E-state index is 0.968. The van der Waals surface area contributed by atoms with Crippen LogP contribution in [0.1, 0.15) is 0 Å². The Hall–Kier alpha value is -0.332. The first-order valence-corrected chi connectivity index (χ1v) is 18.0. The fourth-order valence-electron chi connectivity index (χ4n) is 4.54. The van der Waals surface area contributed by atoms with Gasteiger partial charge >= 0.3 is 34.2 Å². The lowest BCUT2D eigenvalue weighted by molar-refractivity contribution is 0.224. The van der Waals surface area contributed by atoms with Gasteiger partial charge in [-0.25, -0.2) is 0 Å². The van der Waals surface area contributed by atoms with E-state index in [4.69, 9.17) is 16.5 Å². The molecule has 128 valence electrons. The lowest BCUT2D eigenvalue weighted by atomic mass is 10.6. The summed E-state index contributed by atoms with van der Waals surface area (Å²) >= 11 is 0. The van der Waals surface area contributed by atoms with Crippen LogP contribution in [0.5, 0.6) is 0 Å². The highest BCUT2D eigenvalue weighted by Gasteiger charge is 2.62. The molecule has 0 aliphatic carbocycles. The fraction of sp³-hybridized carbons (Fsp3) is 0.500. The van der Waals surface area contributed by atoms with Gasteiger partial charge in [0.1, 0.15) is 0 Å². The van der Waals surface area contributed by atoms with Crippen molar-refractivity contribution in [3.8, 4) is 0 Å². The molecule has 5 aliphatic heterocycles. The zero-order valence-electron chi connectivity index (χ0n) is 13.9. The fourth-order valence-corrected chi connectivity index (χ4v) is 27.8. The number of hydrogen-bond donors (Lipinski definition) is 0. The minimum Gasteiger partial charge on any atom is -0.415 e. The van der Waals surface area contributed by atoms with Crippen molar-refractivity contribution in [2.45, 2.75) is 48.4 Å². The van der Waals surface area contributed by atoms with Crippen LogP contribution in [0.15, 0.2) is 48.6 Å². The first-order chi connectivity index (χ1) is 11.7. The molecule has 1 saturated heterocycles. The molecular formula is C16H24O4Si4. The van der Waals surface area contributed by atoms with Crippen molar-refractivity contribution in [3.63, 3.8) is 0 Å². The van der Waals surface area contributed by atoms with E-state index in [1.165, 1.54) is 0 Å². The Morgan fingerprint density at radius 2 is 0.500 bits per heavy atom. The van der Waals surface area contributed by atoms with E-state index in [-0.39, 0.29) is 0 Å². The van der Waals surface area contributed by atoms with Crippen LogP contribution in [-0.4, -0.2) is 34.2 Å². The van der Waals surface area contributed by atoms with Gasteiger partial charge in [0.15, 0.2) is 0 Å². The number of hydrogen-bond acceptors (Lipinski definition) is 4. The van der Waals surface area contributed by atoms with Crippen molar-refractivity contribution in [3.05, 3.63) is 48.6 Å². The van der Waals surface area contributed by atoms with Gasteiger partial charge in [-0.05, 0) is 0 Å². The molecule has 0 aromatic heterocycles. The maximum Gasteiger partial charge on any atom is 0.328 e. The van der Waals surface area contributed by atoms with E-state index < -0.39 is 34.2 Å².